The van der Waals surface area contributed by atoms with E-state index in [4.69, 9.17) is 10.6 Å². The molecule has 0 aliphatic carbocycles. The van der Waals surface area contributed by atoms with Gasteiger partial charge in [-0.15, -0.1) is 0 Å². The van der Waals surface area contributed by atoms with Crippen LogP contribution in [-0.4, -0.2) is 21.6 Å². The minimum absolute atomic E-state index is 0.356. The summed E-state index contributed by atoms with van der Waals surface area (Å²) < 4.78 is 5.64. The van der Waals surface area contributed by atoms with Crippen molar-refractivity contribution in [1.29, 1.82) is 0 Å². The van der Waals surface area contributed by atoms with Gasteiger partial charge in [0.25, 0.3) is 0 Å². The van der Waals surface area contributed by atoms with E-state index in [1.54, 1.807) is 18.6 Å². The standard InChI is InChI=1S/C13H17N5O/c1-10-9-16-13(18-14)17-12(10)19-8-2-3-11-4-6-15-7-5-11/h4-7,9H,2-3,8,14H2,1H3,(H,16,17,18). The molecule has 6 heteroatoms. The lowest BCUT2D eigenvalue weighted by atomic mass is 10.1. The number of anilines is 1. The topological polar surface area (TPSA) is 86.0 Å². The lowest BCUT2D eigenvalue weighted by molar-refractivity contribution is 0.297. The molecule has 0 atom stereocenters. The van der Waals surface area contributed by atoms with Crippen molar-refractivity contribution in [2.75, 3.05) is 12.0 Å². The second kappa shape index (κ2) is 6.65. The highest BCUT2D eigenvalue weighted by atomic mass is 16.5. The summed E-state index contributed by atoms with van der Waals surface area (Å²) in [5.41, 5.74) is 4.55. The molecule has 0 fully saturated rings. The van der Waals surface area contributed by atoms with E-state index in [0.717, 1.165) is 18.4 Å². The minimum Gasteiger partial charge on any atom is -0.477 e. The maximum absolute atomic E-state index is 5.64. The molecule has 2 rings (SSSR count). The third-order valence-corrected chi connectivity index (χ3v) is 2.65. The summed E-state index contributed by atoms with van der Waals surface area (Å²) in [5, 5.41) is 0. The van der Waals surface area contributed by atoms with Gasteiger partial charge < -0.3 is 4.74 Å². The van der Waals surface area contributed by atoms with Crippen molar-refractivity contribution in [2.45, 2.75) is 19.8 Å². The molecule has 0 saturated heterocycles. The van der Waals surface area contributed by atoms with Crippen LogP contribution in [0.4, 0.5) is 5.95 Å². The molecule has 0 spiro atoms. The van der Waals surface area contributed by atoms with Crippen LogP contribution in [0.2, 0.25) is 0 Å². The van der Waals surface area contributed by atoms with Crippen molar-refractivity contribution in [2.24, 2.45) is 5.84 Å². The van der Waals surface area contributed by atoms with Crippen LogP contribution < -0.4 is 16.0 Å². The third kappa shape index (κ3) is 3.89. The predicted octanol–water partition coefficient (Wildman–Crippen LogP) is 1.48. The number of ether oxygens (including phenoxy) is 1. The van der Waals surface area contributed by atoms with Gasteiger partial charge in [-0.25, -0.2) is 10.8 Å². The molecule has 2 aromatic rings. The normalized spacial score (nSPS) is 10.2. The molecule has 100 valence electrons. The van der Waals surface area contributed by atoms with Crippen LogP contribution in [0.25, 0.3) is 0 Å². The number of aryl methyl sites for hydroxylation is 2. The van der Waals surface area contributed by atoms with Crippen molar-refractivity contribution in [3.05, 3.63) is 41.9 Å². The molecule has 2 heterocycles. The number of aromatic nitrogens is 3. The first kappa shape index (κ1) is 13.2. The fourth-order valence-electron chi connectivity index (χ4n) is 1.64. The molecule has 3 N–H and O–H groups in total. The highest BCUT2D eigenvalue weighted by Gasteiger charge is 2.04. The van der Waals surface area contributed by atoms with Gasteiger partial charge in [-0.1, -0.05) is 0 Å². The Labute approximate surface area is 112 Å². The summed E-state index contributed by atoms with van der Waals surface area (Å²) in [5.74, 6) is 6.19. The molecule has 0 aliphatic heterocycles. The number of hydrogen-bond donors (Lipinski definition) is 2. The zero-order valence-electron chi connectivity index (χ0n) is 10.8. The van der Waals surface area contributed by atoms with Gasteiger partial charge in [0, 0.05) is 24.2 Å². The van der Waals surface area contributed by atoms with Crippen LogP contribution in [0.1, 0.15) is 17.5 Å². The number of nitrogens with zero attached hydrogens (tertiary/aromatic N) is 3. The van der Waals surface area contributed by atoms with Crippen molar-refractivity contribution in [3.8, 4) is 5.88 Å². The molecule has 0 aromatic carbocycles. The van der Waals surface area contributed by atoms with E-state index < -0.39 is 0 Å². The molecule has 19 heavy (non-hydrogen) atoms. The summed E-state index contributed by atoms with van der Waals surface area (Å²) >= 11 is 0. The quantitative estimate of drug-likeness (QED) is 0.464. The monoisotopic (exact) mass is 259 g/mol. The van der Waals surface area contributed by atoms with Crippen LogP contribution in [0, 0.1) is 6.92 Å². The second-order valence-corrected chi connectivity index (χ2v) is 4.13. The molecule has 0 unspecified atom stereocenters. The van der Waals surface area contributed by atoms with Crippen molar-refractivity contribution in [1.82, 2.24) is 15.0 Å². The van der Waals surface area contributed by atoms with Crippen LogP contribution in [0.5, 0.6) is 5.88 Å². The van der Waals surface area contributed by atoms with E-state index in [1.165, 1.54) is 5.56 Å². The van der Waals surface area contributed by atoms with E-state index in [1.807, 2.05) is 19.1 Å². The molecule has 0 bridgehead atoms. The Morgan fingerprint density at radius 1 is 1.32 bits per heavy atom. The average Bonchev–Trinajstić information content (AvgIpc) is 2.46. The summed E-state index contributed by atoms with van der Waals surface area (Å²) in [4.78, 5) is 12.1. The maximum atomic E-state index is 5.64. The smallest absolute Gasteiger partial charge is 0.240 e. The molecule has 0 saturated carbocycles. The van der Waals surface area contributed by atoms with Gasteiger partial charge in [0.05, 0.1) is 6.61 Å². The fourth-order valence-corrected chi connectivity index (χ4v) is 1.64. The predicted molar refractivity (Wildman–Crippen MR) is 72.6 cm³/mol. The van der Waals surface area contributed by atoms with Crippen molar-refractivity contribution < 1.29 is 4.74 Å². The number of pyridine rings is 1. The first-order chi connectivity index (χ1) is 9.29. The Morgan fingerprint density at radius 3 is 2.84 bits per heavy atom. The Hall–Kier alpha value is -2.21. The summed E-state index contributed by atoms with van der Waals surface area (Å²) in [7, 11) is 0. The van der Waals surface area contributed by atoms with Gasteiger partial charge in [0.1, 0.15) is 0 Å². The van der Waals surface area contributed by atoms with E-state index in [2.05, 4.69) is 20.4 Å². The Bertz CT molecular complexity index is 518. The number of nitrogen functional groups attached to an aromatic ring is 1. The van der Waals surface area contributed by atoms with E-state index in [-0.39, 0.29) is 0 Å². The Balaban J connectivity index is 1.82. The first-order valence-corrected chi connectivity index (χ1v) is 6.11. The zero-order chi connectivity index (χ0) is 13.5. The third-order valence-electron chi connectivity index (χ3n) is 2.65. The molecule has 0 radical (unpaired) electrons. The molecular weight excluding hydrogens is 242 g/mol. The summed E-state index contributed by atoms with van der Waals surface area (Å²) in [6, 6.07) is 4.01. The van der Waals surface area contributed by atoms with Crippen molar-refractivity contribution in [3.63, 3.8) is 0 Å². The van der Waals surface area contributed by atoms with Crippen LogP contribution in [0.3, 0.4) is 0 Å². The summed E-state index contributed by atoms with van der Waals surface area (Å²) in [6.45, 7) is 2.50. The van der Waals surface area contributed by atoms with Crippen LogP contribution >= 0.6 is 0 Å². The number of nitrogens with two attached hydrogens (primary N) is 1. The fraction of sp³-hybridized carbons (Fsp3) is 0.308. The minimum atomic E-state index is 0.356. The van der Waals surface area contributed by atoms with Gasteiger partial charge >= 0.3 is 0 Å². The highest BCUT2D eigenvalue weighted by molar-refractivity contribution is 5.31. The largest absolute Gasteiger partial charge is 0.477 e. The zero-order valence-corrected chi connectivity index (χ0v) is 10.8. The lowest BCUT2D eigenvalue weighted by Crippen LogP contribution is -2.12. The number of nitrogens with one attached hydrogen (secondary N) is 1. The molecule has 2 aromatic heterocycles. The van der Waals surface area contributed by atoms with Gasteiger partial charge in [0.15, 0.2) is 0 Å². The first-order valence-electron chi connectivity index (χ1n) is 6.11. The van der Waals surface area contributed by atoms with E-state index in [9.17, 15) is 0 Å². The number of hydrazine groups is 1. The lowest BCUT2D eigenvalue weighted by Gasteiger charge is -2.08. The second-order valence-electron chi connectivity index (χ2n) is 4.13. The molecule has 0 aliphatic rings. The number of hydrogen-bond acceptors (Lipinski definition) is 6. The van der Waals surface area contributed by atoms with Crippen molar-refractivity contribution >= 4 is 5.95 Å². The summed E-state index contributed by atoms with van der Waals surface area (Å²) in [6.07, 6.45) is 7.14. The van der Waals surface area contributed by atoms with E-state index in [0.29, 0.717) is 18.4 Å². The Morgan fingerprint density at radius 2 is 2.11 bits per heavy atom. The Kier molecular flexibility index (Phi) is 4.63. The van der Waals surface area contributed by atoms with E-state index >= 15 is 0 Å². The number of rotatable bonds is 6. The van der Waals surface area contributed by atoms with Gasteiger partial charge in [-0.3, -0.25) is 10.4 Å². The van der Waals surface area contributed by atoms with Gasteiger partial charge in [-0.05, 0) is 37.5 Å². The molecule has 6 nitrogen and oxygen atoms in total. The van der Waals surface area contributed by atoms with Gasteiger partial charge in [0.2, 0.25) is 11.8 Å². The molecule has 0 amide bonds. The van der Waals surface area contributed by atoms with Gasteiger partial charge in [-0.2, -0.15) is 4.98 Å². The maximum Gasteiger partial charge on any atom is 0.240 e. The molecular formula is C13H17N5O. The van der Waals surface area contributed by atoms with Crippen LogP contribution in [-0.2, 0) is 6.42 Å². The van der Waals surface area contributed by atoms with Crippen LogP contribution in [0.15, 0.2) is 30.7 Å². The SMILES string of the molecule is Cc1cnc(NN)nc1OCCCc1ccncc1. The highest BCUT2D eigenvalue weighted by Crippen LogP contribution is 2.15. The average molecular weight is 259 g/mol.